The molecule has 0 aromatic rings. The molecule has 6 heteroatoms. The first-order chi connectivity index (χ1) is 8.17. The summed E-state index contributed by atoms with van der Waals surface area (Å²) in [6.07, 6.45) is 0.981. The van der Waals surface area contributed by atoms with Gasteiger partial charge < -0.3 is 18.9 Å². The molecule has 0 bridgehead atoms. The molecule has 0 spiro atoms. The second-order valence-electron chi connectivity index (χ2n) is 3.84. The topological polar surface area (TPSA) is 71.1 Å². The Morgan fingerprint density at radius 2 is 1.29 bits per heavy atom. The van der Waals surface area contributed by atoms with Gasteiger partial charge in [0.05, 0.1) is 13.2 Å². The first-order valence-electron chi connectivity index (χ1n) is 5.49. The van der Waals surface area contributed by atoms with Gasteiger partial charge >= 0.3 is 11.9 Å². The highest BCUT2D eigenvalue weighted by Crippen LogP contribution is 2.47. The van der Waals surface area contributed by atoms with Crippen molar-refractivity contribution in [1.29, 1.82) is 0 Å². The fourth-order valence-electron chi connectivity index (χ4n) is 1.33. The zero-order valence-corrected chi connectivity index (χ0v) is 10.2. The molecule has 0 aliphatic heterocycles. The number of carbonyl (C=O) groups is 2. The predicted molar refractivity (Wildman–Crippen MR) is 57.3 cm³/mol. The number of hydrogen-bond donors (Lipinski definition) is 0. The second kappa shape index (κ2) is 6.56. The molecular weight excluding hydrogens is 228 g/mol. The standard InChI is InChI=1S/C11H18O6/c1-14-5-7-16-9(12)11(3-4-11)10(13)17-8-6-15-2/h3-8H2,1-2H3. The first-order valence-corrected chi connectivity index (χ1v) is 5.49. The maximum absolute atomic E-state index is 11.7. The number of rotatable bonds is 8. The lowest BCUT2D eigenvalue weighted by Crippen LogP contribution is -2.31. The highest BCUT2D eigenvalue weighted by molar-refractivity contribution is 6.03. The van der Waals surface area contributed by atoms with Crippen molar-refractivity contribution in [3.8, 4) is 0 Å². The predicted octanol–water partition coefficient (Wildman–Crippen LogP) is 0.146. The molecule has 1 rings (SSSR count). The number of esters is 2. The van der Waals surface area contributed by atoms with Crippen molar-refractivity contribution in [2.45, 2.75) is 12.8 Å². The van der Waals surface area contributed by atoms with Gasteiger partial charge in [-0.2, -0.15) is 0 Å². The summed E-state index contributed by atoms with van der Waals surface area (Å²) >= 11 is 0. The highest BCUT2D eigenvalue weighted by atomic mass is 16.6. The minimum Gasteiger partial charge on any atom is -0.462 e. The van der Waals surface area contributed by atoms with Crippen molar-refractivity contribution in [3.63, 3.8) is 0 Å². The van der Waals surface area contributed by atoms with Gasteiger partial charge in [-0.15, -0.1) is 0 Å². The third-order valence-corrected chi connectivity index (χ3v) is 2.57. The summed E-state index contributed by atoms with van der Waals surface area (Å²) in [5.41, 5.74) is -1.07. The van der Waals surface area contributed by atoms with Crippen LogP contribution in [0.5, 0.6) is 0 Å². The Morgan fingerprint density at radius 3 is 1.59 bits per heavy atom. The van der Waals surface area contributed by atoms with Crippen molar-refractivity contribution >= 4 is 11.9 Å². The van der Waals surface area contributed by atoms with E-state index >= 15 is 0 Å². The van der Waals surface area contributed by atoms with Crippen molar-refractivity contribution in [2.24, 2.45) is 5.41 Å². The molecule has 1 fully saturated rings. The van der Waals surface area contributed by atoms with Gasteiger partial charge in [0.1, 0.15) is 13.2 Å². The van der Waals surface area contributed by atoms with Gasteiger partial charge in [-0.25, -0.2) is 0 Å². The van der Waals surface area contributed by atoms with Gasteiger partial charge in [-0.05, 0) is 12.8 Å². The van der Waals surface area contributed by atoms with E-state index in [4.69, 9.17) is 18.9 Å². The average molecular weight is 246 g/mol. The van der Waals surface area contributed by atoms with Crippen LogP contribution in [-0.4, -0.2) is 52.6 Å². The Bertz CT molecular complexity index is 247. The molecular formula is C11H18O6. The van der Waals surface area contributed by atoms with Gasteiger partial charge in [0.15, 0.2) is 5.41 Å². The molecule has 98 valence electrons. The molecule has 1 aliphatic carbocycles. The summed E-state index contributed by atoms with van der Waals surface area (Å²) < 4.78 is 19.4. The molecule has 1 saturated carbocycles. The van der Waals surface area contributed by atoms with E-state index < -0.39 is 17.4 Å². The molecule has 0 amide bonds. The molecule has 1 aliphatic rings. The van der Waals surface area contributed by atoms with Gasteiger partial charge in [-0.3, -0.25) is 9.59 Å². The van der Waals surface area contributed by atoms with Crippen LogP contribution in [0, 0.1) is 5.41 Å². The van der Waals surface area contributed by atoms with E-state index in [0.29, 0.717) is 26.1 Å². The van der Waals surface area contributed by atoms with E-state index in [1.807, 2.05) is 0 Å². The van der Waals surface area contributed by atoms with Gasteiger partial charge in [0, 0.05) is 14.2 Å². The van der Waals surface area contributed by atoms with Gasteiger partial charge in [0.2, 0.25) is 0 Å². The third-order valence-electron chi connectivity index (χ3n) is 2.57. The summed E-state index contributed by atoms with van der Waals surface area (Å²) in [5.74, 6) is -1.03. The molecule has 17 heavy (non-hydrogen) atoms. The Hall–Kier alpha value is -1.14. The largest absolute Gasteiger partial charge is 0.462 e. The van der Waals surface area contributed by atoms with Crippen molar-refractivity contribution < 1.29 is 28.5 Å². The van der Waals surface area contributed by atoms with Crippen LogP contribution in [0.4, 0.5) is 0 Å². The van der Waals surface area contributed by atoms with E-state index in [-0.39, 0.29) is 13.2 Å². The maximum Gasteiger partial charge on any atom is 0.323 e. The van der Waals surface area contributed by atoms with Gasteiger partial charge in [-0.1, -0.05) is 0 Å². The summed E-state index contributed by atoms with van der Waals surface area (Å²) in [6.45, 7) is 0.950. The van der Waals surface area contributed by atoms with Crippen LogP contribution in [0.15, 0.2) is 0 Å². The lowest BCUT2D eigenvalue weighted by Gasteiger charge is -2.13. The maximum atomic E-state index is 11.7. The average Bonchev–Trinajstić information content (AvgIpc) is 3.10. The number of ether oxygens (including phenoxy) is 4. The quantitative estimate of drug-likeness (QED) is 0.345. The molecule has 0 atom stereocenters. The van der Waals surface area contributed by atoms with Crippen LogP contribution in [0.3, 0.4) is 0 Å². The lowest BCUT2D eigenvalue weighted by molar-refractivity contribution is -0.166. The van der Waals surface area contributed by atoms with Crippen LogP contribution in [-0.2, 0) is 28.5 Å². The van der Waals surface area contributed by atoms with Crippen LogP contribution in [0.1, 0.15) is 12.8 Å². The van der Waals surface area contributed by atoms with E-state index in [1.165, 1.54) is 14.2 Å². The van der Waals surface area contributed by atoms with Crippen molar-refractivity contribution in [2.75, 3.05) is 40.6 Å². The highest BCUT2D eigenvalue weighted by Gasteiger charge is 2.59. The van der Waals surface area contributed by atoms with E-state index in [9.17, 15) is 9.59 Å². The molecule has 0 aromatic carbocycles. The van der Waals surface area contributed by atoms with E-state index in [0.717, 1.165) is 0 Å². The van der Waals surface area contributed by atoms with Crippen LogP contribution in [0.25, 0.3) is 0 Å². The summed E-state index contributed by atoms with van der Waals surface area (Å²) in [7, 11) is 3.03. The number of carbonyl (C=O) groups excluding carboxylic acids is 2. The van der Waals surface area contributed by atoms with E-state index in [1.54, 1.807) is 0 Å². The van der Waals surface area contributed by atoms with Crippen molar-refractivity contribution in [3.05, 3.63) is 0 Å². The zero-order valence-electron chi connectivity index (χ0n) is 10.2. The van der Waals surface area contributed by atoms with E-state index in [2.05, 4.69) is 0 Å². The molecule has 0 saturated heterocycles. The SMILES string of the molecule is COCCOC(=O)C1(C(=O)OCCOC)CC1. The molecule has 0 radical (unpaired) electrons. The Balaban J connectivity index is 2.34. The monoisotopic (exact) mass is 246 g/mol. The fourth-order valence-corrected chi connectivity index (χ4v) is 1.33. The molecule has 0 heterocycles. The normalized spacial score (nSPS) is 16.4. The second-order valence-corrected chi connectivity index (χ2v) is 3.84. The summed E-state index contributed by atoms with van der Waals surface area (Å²) in [4.78, 5) is 23.3. The zero-order chi connectivity index (χ0) is 12.7. The minimum atomic E-state index is -1.07. The first kappa shape index (κ1) is 13.9. The fraction of sp³-hybridized carbons (Fsp3) is 0.818. The Kier molecular flexibility index (Phi) is 5.37. The molecule has 0 unspecified atom stereocenters. The number of hydrogen-bond acceptors (Lipinski definition) is 6. The van der Waals surface area contributed by atoms with Crippen LogP contribution >= 0.6 is 0 Å². The minimum absolute atomic E-state index is 0.155. The van der Waals surface area contributed by atoms with Crippen LogP contribution in [0.2, 0.25) is 0 Å². The van der Waals surface area contributed by atoms with Crippen molar-refractivity contribution in [1.82, 2.24) is 0 Å². The third kappa shape index (κ3) is 3.67. The molecule has 0 N–H and O–H groups in total. The summed E-state index contributed by atoms with van der Waals surface area (Å²) in [6, 6.07) is 0. The Labute approximate surface area is 100 Å². The Morgan fingerprint density at radius 1 is 0.882 bits per heavy atom. The van der Waals surface area contributed by atoms with Crippen LogP contribution < -0.4 is 0 Å². The number of methoxy groups -OCH3 is 2. The molecule has 0 aromatic heterocycles. The lowest BCUT2D eigenvalue weighted by atomic mass is 10.1. The smallest absolute Gasteiger partial charge is 0.323 e. The summed E-state index contributed by atoms with van der Waals surface area (Å²) in [5, 5.41) is 0. The van der Waals surface area contributed by atoms with Gasteiger partial charge in [0.25, 0.3) is 0 Å². The molecule has 6 nitrogen and oxygen atoms in total.